The molecule has 4 rings (SSSR count). The Hall–Kier alpha value is -3.12. The molecule has 29 heavy (non-hydrogen) atoms. The molecule has 0 N–H and O–H groups in total. The number of anilines is 1. The lowest BCUT2D eigenvalue weighted by Crippen LogP contribution is -2.27. The molecule has 0 fully saturated rings. The molecule has 150 valence electrons. The fourth-order valence-corrected chi connectivity index (χ4v) is 3.84. The van der Waals surface area contributed by atoms with Gasteiger partial charge >= 0.3 is 5.97 Å². The summed E-state index contributed by atoms with van der Waals surface area (Å²) in [5, 5.41) is 4.99. The first-order chi connectivity index (χ1) is 14.0. The molecule has 0 atom stereocenters. The average molecular weight is 390 g/mol. The van der Waals surface area contributed by atoms with Gasteiger partial charge in [0.25, 0.3) is 0 Å². The van der Waals surface area contributed by atoms with Gasteiger partial charge < -0.3 is 14.5 Å². The van der Waals surface area contributed by atoms with E-state index in [0.29, 0.717) is 5.56 Å². The van der Waals surface area contributed by atoms with Gasteiger partial charge in [0.1, 0.15) is 0 Å². The first-order valence-electron chi connectivity index (χ1n) is 9.74. The van der Waals surface area contributed by atoms with Crippen molar-refractivity contribution < 1.29 is 9.53 Å². The van der Waals surface area contributed by atoms with Crippen LogP contribution in [0, 0.1) is 0 Å². The summed E-state index contributed by atoms with van der Waals surface area (Å²) in [5.74, 6) is -0.352. The van der Waals surface area contributed by atoms with E-state index in [2.05, 4.69) is 41.1 Å². The Bertz CT molecular complexity index is 1040. The Morgan fingerprint density at radius 2 is 1.83 bits per heavy atom. The van der Waals surface area contributed by atoms with Gasteiger partial charge in [0.15, 0.2) is 0 Å². The van der Waals surface area contributed by atoms with Crippen LogP contribution in [-0.4, -0.2) is 55.4 Å². The molecule has 0 bridgehead atoms. The van der Waals surface area contributed by atoms with Gasteiger partial charge in [-0.2, -0.15) is 5.10 Å². The van der Waals surface area contributed by atoms with Crippen molar-refractivity contribution in [1.29, 1.82) is 0 Å². The van der Waals surface area contributed by atoms with Gasteiger partial charge in [-0.25, -0.2) is 9.48 Å². The van der Waals surface area contributed by atoms with E-state index in [-0.39, 0.29) is 5.97 Å². The maximum atomic E-state index is 12.3. The minimum absolute atomic E-state index is 0.352. The quantitative estimate of drug-likeness (QED) is 0.639. The van der Waals surface area contributed by atoms with Crippen molar-refractivity contribution in [3.8, 4) is 16.9 Å². The van der Waals surface area contributed by atoms with Gasteiger partial charge in [-0.15, -0.1) is 0 Å². The van der Waals surface area contributed by atoms with E-state index in [1.165, 1.54) is 12.7 Å². The van der Waals surface area contributed by atoms with Crippen LogP contribution in [0.4, 0.5) is 5.69 Å². The van der Waals surface area contributed by atoms with E-state index in [4.69, 9.17) is 9.84 Å². The standard InChI is InChI=1S/C23H26N4O2/c1-25(2)17-11-9-16(10-12-17)22-19-15-26(3)14-13-21(19)27(24-22)20-8-6-5-7-18(20)23(28)29-4/h5-12H,13-15H2,1-4H3. The van der Waals surface area contributed by atoms with E-state index in [0.717, 1.165) is 47.8 Å². The Morgan fingerprint density at radius 3 is 2.52 bits per heavy atom. The van der Waals surface area contributed by atoms with Gasteiger partial charge in [0, 0.05) is 50.4 Å². The van der Waals surface area contributed by atoms with Gasteiger partial charge in [0.2, 0.25) is 0 Å². The van der Waals surface area contributed by atoms with Crippen LogP contribution in [0.3, 0.4) is 0 Å². The number of esters is 1. The van der Waals surface area contributed by atoms with Gasteiger partial charge in [-0.05, 0) is 31.3 Å². The van der Waals surface area contributed by atoms with Crippen molar-refractivity contribution in [1.82, 2.24) is 14.7 Å². The highest BCUT2D eigenvalue weighted by Crippen LogP contribution is 2.33. The monoisotopic (exact) mass is 390 g/mol. The normalized spacial score (nSPS) is 13.8. The number of ether oxygens (including phenoxy) is 1. The molecule has 6 heteroatoms. The molecule has 1 aliphatic rings. The molecule has 0 saturated heterocycles. The van der Waals surface area contributed by atoms with Crippen LogP contribution >= 0.6 is 0 Å². The number of methoxy groups -OCH3 is 1. The predicted octanol–water partition coefficient (Wildman–Crippen LogP) is 3.38. The minimum atomic E-state index is -0.352. The summed E-state index contributed by atoms with van der Waals surface area (Å²) in [6.07, 6.45) is 0.879. The summed E-state index contributed by atoms with van der Waals surface area (Å²) in [6.45, 7) is 1.79. The smallest absolute Gasteiger partial charge is 0.340 e. The average Bonchev–Trinajstić information content (AvgIpc) is 3.11. The molecule has 0 saturated carbocycles. The van der Waals surface area contributed by atoms with Crippen molar-refractivity contribution in [2.24, 2.45) is 0 Å². The van der Waals surface area contributed by atoms with Crippen LogP contribution in [0.5, 0.6) is 0 Å². The third kappa shape index (κ3) is 3.51. The van der Waals surface area contributed by atoms with E-state index in [1.807, 2.05) is 37.0 Å². The zero-order chi connectivity index (χ0) is 20.5. The fourth-order valence-electron chi connectivity index (χ4n) is 3.84. The molecule has 3 aromatic rings. The zero-order valence-corrected chi connectivity index (χ0v) is 17.3. The van der Waals surface area contributed by atoms with Gasteiger partial charge in [-0.3, -0.25) is 0 Å². The van der Waals surface area contributed by atoms with Crippen molar-refractivity contribution in [2.45, 2.75) is 13.0 Å². The highest BCUT2D eigenvalue weighted by Gasteiger charge is 2.26. The molecule has 2 heterocycles. The Morgan fingerprint density at radius 1 is 1.10 bits per heavy atom. The fraction of sp³-hybridized carbons (Fsp3) is 0.304. The zero-order valence-electron chi connectivity index (χ0n) is 17.3. The summed E-state index contributed by atoms with van der Waals surface area (Å²) in [5.41, 5.74) is 6.86. The number of aromatic nitrogens is 2. The number of rotatable bonds is 4. The molecule has 0 amide bonds. The van der Waals surface area contributed by atoms with Crippen LogP contribution < -0.4 is 4.90 Å². The number of benzene rings is 2. The summed E-state index contributed by atoms with van der Waals surface area (Å²) in [6, 6.07) is 15.9. The van der Waals surface area contributed by atoms with Gasteiger partial charge in [0.05, 0.1) is 29.7 Å². The van der Waals surface area contributed by atoms with Crippen LogP contribution in [0.1, 0.15) is 21.6 Å². The van der Waals surface area contributed by atoms with Crippen LogP contribution in [0.2, 0.25) is 0 Å². The Balaban J connectivity index is 1.88. The largest absolute Gasteiger partial charge is 0.465 e. The lowest BCUT2D eigenvalue weighted by molar-refractivity contribution is 0.0600. The third-order valence-corrected chi connectivity index (χ3v) is 5.44. The van der Waals surface area contributed by atoms with E-state index < -0.39 is 0 Å². The predicted molar refractivity (Wildman–Crippen MR) is 115 cm³/mol. The lowest BCUT2D eigenvalue weighted by Gasteiger charge is -2.24. The number of carbonyl (C=O) groups excluding carboxylic acids is 1. The summed E-state index contributed by atoms with van der Waals surface area (Å²) < 4.78 is 6.93. The molecule has 1 aromatic heterocycles. The molecule has 0 radical (unpaired) electrons. The minimum Gasteiger partial charge on any atom is -0.465 e. The summed E-state index contributed by atoms with van der Waals surface area (Å²) >= 11 is 0. The third-order valence-electron chi connectivity index (χ3n) is 5.44. The van der Waals surface area contributed by atoms with E-state index in [9.17, 15) is 4.79 Å². The van der Waals surface area contributed by atoms with Crippen LogP contribution in [0.25, 0.3) is 16.9 Å². The number of carbonyl (C=O) groups is 1. The maximum Gasteiger partial charge on any atom is 0.340 e. The highest BCUT2D eigenvalue weighted by atomic mass is 16.5. The van der Waals surface area contributed by atoms with Crippen LogP contribution in [-0.2, 0) is 17.7 Å². The highest BCUT2D eigenvalue weighted by molar-refractivity contribution is 5.93. The second-order valence-electron chi connectivity index (χ2n) is 7.62. The number of hydrogen-bond acceptors (Lipinski definition) is 5. The molecule has 6 nitrogen and oxygen atoms in total. The van der Waals surface area contributed by atoms with Crippen molar-refractivity contribution in [3.63, 3.8) is 0 Å². The maximum absolute atomic E-state index is 12.3. The number of fused-ring (bicyclic) bond motifs is 1. The van der Waals surface area contributed by atoms with Crippen molar-refractivity contribution in [3.05, 3.63) is 65.4 Å². The molecule has 2 aromatic carbocycles. The molecular formula is C23H26N4O2. The summed E-state index contributed by atoms with van der Waals surface area (Å²) in [7, 11) is 7.60. The van der Waals surface area contributed by atoms with E-state index in [1.54, 1.807) is 6.07 Å². The van der Waals surface area contributed by atoms with Gasteiger partial charge in [-0.1, -0.05) is 24.3 Å². The Kier molecular flexibility index (Phi) is 5.11. The van der Waals surface area contributed by atoms with Crippen LogP contribution in [0.15, 0.2) is 48.5 Å². The number of hydrogen-bond donors (Lipinski definition) is 0. The number of nitrogens with zero attached hydrogens (tertiary/aromatic N) is 4. The molecule has 0 unspecified atom stereocenters. The topological polar surface area (TPSA) is 50.6 Å². The Labute approximate surface area is 171 Å². The second kappa shape index (κ2) is 7.72. The number of likely N-dealkylation sites (N-methyl/N-ethyl adjacent to an activating group) is 1. The summed E-state index contributed by atoms with van der Waals surface area (Å²) in [4.78, 5) is 16.7. The van der Waals surface area contributed by atoms with Crippen molar-refractivity contribution >= 4 is 11.7 Å². The second-order valence-corrected chi connectivity index (χ2v) is 7.62. The van der Waals surface area contributed by atoms with Crippen molar-refractivity contribution in [2.75, 3.05) is 39.7 Å². The molecule has 1 aliphatic heterocycles. The lowest BCUT2D eigenvalue weighted by atomic mass is 10.0. The molecule has 0 aliphatic carbocycles. The molecular weight excluding hydrogens is 364 g/mol. The first kappa shape index (κ1) is 19.2. The number of para-hydroxylation sites is 1. The van der Waals surface area contributed by atoms with E-state index >= 15 is 0 Å². The molecule has 0 spiro atoms. The SMILES string of the molecule is COC(=O)c1ccccc1-n1nc(-c2ccc(N(C)C)cc2)c2c1CCN(C)C2. The first-order valence-corrected chi connectivity index (χ1v) is 9.74.